The number of aliphatic hydroxyl groups excluding tert-OH is 1. The third-order valence-electron chi connectivity index (χ3n) is 2.66. The molecule has 0 radical (unpaired) electrons. The fourth-order valence-electron chi connectivity index (χ4n) is 1.62. The number of hydrogen-bond acceptors (Lipinski definition) is 3. The van der Waals surface area contributed by atoms with Gasteiger partial charge in [-0.25, -0.2) is 0 Å². The molecule has 80 valence electrons. The zero-order valence-corrected chi connectivity index (χ0v) is 9.14. The molecule has 13 heavy (non-hydrogen) atoms. The zero-order chi connectivity index (χ0) is 10.3. The van der Waals surface area contributed by atoms with Crippen LogP contribution < -0.4 is 11.1 Å². The smallest absolute Gasteiger partial charge is 0.0485 e. The molecular formula is C10H24N2O. The van der Waals surface area contributed by atoms with E-state index in [1.165, 1.54) is 0 Å². The van der Waals surface area contributed by atoms with E-state index in [1.807, 2.05) is 7.05 Å². The summed E-state index contributed by atoms with van der Waals surface area (Å²) in [7, 11) is 1.95. The van der Waals surface area contributed by atoms with Gasteiger partial charge in [-0.1, -0.05) is 6.92 Å². The first-order valence-electron chi connectivity index (χ1n) is 5.06. The highest BCUT2D eigenvalue weighted by Gasteiger charge is 2.24. The van der Waals surface area contributed by atoms with Gasteiger partial charge in [0.05, 0.1) is 0 Å². The van der Waals surface area contributed by atoms with E-state index in [2.05, 4.69) is 19.2 Å². The molecule has 0 aromatic heterocycles. The van der Waals surface area contributed by atoms with Crippen molar-refractivity contribution in [1.82, 2.24) is 5.32 Å². The largest absolute Gasteiger partial charge is 0.396 e. The third-order valence-corrected chi connectivity index (χ3v) is 2.66. The van der Waals surface area contributed by atoms with Crippen LogP contribution in [0.1, 0.15) is 33.1 Å². The second-order valence-electron chi connectivity index (χ2n) is 4.25. The lowest BCUT2D eigenvalue weighted by molar-refractivity contribution is 0.112. The predicted octanol–water partition coefficient (Wildman–Crippen LogP) is 0.722. The second kappa shape index (κ2) is 6.35. The van der Waals surface area contributed by atoms with Crippen molar-refractivity contribution in [3.63, 3.8) is 0 Å². The molecule has 0 bridgehead atoms. The molecule has 0 saturated carbocycles. The maximum absolute atomic E-state index is 9.29. The van der Waals surface area contributed by atoms with Crippen LogP contribution in [-0.2, 0) is 0 Å². The van der Waals surface area contributed by atoms with E-state index in [-0.39, 0.29) is 12.0 Å². The summed E-state index contributed by atoms with van der Waals surface area (Å²) < 4.78 is 0. The van der Waals surface area contributed by atoms with Crippen LogP contribution in [-0.4, -0.2) is 31.3 Å². The molecule has 2 unspecified atom stereocenters. The molecule has 0 rings (SSSR count). The minimum absolute atomic E-state index is 0.0296. The molecule has 4 N–H and O–H groups in total. The Labute approximate surface area is 81.7 Å². The molecule has 0 amide bonds. The van der Waals surface area contributed by atoms with Gasteiger partial charge >= 0.3 is 0 Å². The van der Waals surface area contributed by atoms with Crippen molar-refractivity contribution in [2.45, 2.75) is 39.2 Å². The second-order valence-corrected chi connectivity index (χ2v) is 4.25. The molecule has 3 heteroatoms. The van der Waals surface area contributed by atoms with Crippen molar-refractivity contribution in [3.05, 3.63) is 0 Å². The van der Waals surface area contributed by atoms with Crippen molar-refractivity contribution in [3.8, 4) is 0 Å². The predicted molar refractivity (Wildman–Crippen MR) is 56.6 cm³/mol. The Kier molecular flexibility index (Phi) is 6.29. The first-order chi connectivity index (χ1) is 6.08. The quantitative estimate of drug-likeness (QED) is 0.552. The van der Waals surface area contributed by atoms with Crippen LogP contribution in [0.25, 0.3) is 0 Å². The van der Waals surface area contributed by atoms with Gasteiger partial charge in [0.2, 0.25) is 0 Å². The number of nitrogens with one attached hydrogen (secondary N) is 1. The maximum atomic E-state index is 9.29. The third kappa shape index (κ3) is 5.24. The van der Waals surface area contributed by atoms with Gasteiger partial charge in [0.15, 0.2) is 0 Å². The molecule has 0 saturated heterocycles. The minimum Gasteiger partial charge on any atom is -0.396 e. The van der Waals surface area contributed by atoms with Gasteiger partial charge in [-0.2, -0.15) is 0 Å². The van der Waals surface area contributed by atoms with Crippen LogP contribution in [0.3, 0.4) is 0 Å². The van der Waals surface area contributed by atoms with Gasteiger partial charge in [-0.15, -0.1) is 0 Å². The normalized spacial score (nSPS) is 18.2. The average Bonchev–Trinajstić information content (AvgIpc) is 2.14. The monoisotopic (exact) mass is 188 g/mol. The van der Waals surface area contributed by atoms with Crippen molar-refractivity contribution >= 4 is 0 Å². The Morgan fingerprint density at radius 3 is 2.54 bits per heavy atom. The van der Waals surface area contributed by atoms with Gasteiger partial charge in [-0.05, 0) is 45.2 Å². The minimum atomic E-state index is 0.0296. The van der Waals surface area contributed by atoms with E-state index < -0.39 is 0 Å². The van der Waals surface area contributed by atoms with E-state index in [4.69, 9.17) is 5.73 Å². The fourth-order valence-corrected chi connectivity index (χ4v) is 1.62. The van der Waals surface area contributed by atoms with Crippen LogP contribution in [0.5, 0.6) is 0 Å². The number of aliphatic hydroxyl groups is 1. The van der Waals surface area contributed by atoms with E-state index in [9.17, 15) is 5.11 Å². The lowest BCUT2D eigenvalue weighted by atomic mass is 9.80. The van der Waals surface area contributed by atoms with Crippen molar-refractivity contribution in [1.29, 1.82) is 0 Å². The van der Waals surface area contributed by atoms with Crippen LogP contribution in [0.4, 0.5) is 0 Å². The molecule has 0 aromatic rings. The molecule has 2 atom stereocenters. The lowest BCUT2D eigenvalue weighted by Crippen LogP contribution is -2.32. The summed E-state index contributed by atoms with van der Waals surface area (Å²) in [5.74, 6) is 0. The Bertz CT molecular complexity index is 130. The first kappa shape index (κ1) is 12.9. The maximum Gasteiger partial charge on any atom is 0.0485 e. The Hall–Kier alpha value is -0.120. The number of hydrogen-bond donors (Lipinski definition) is 3. The van der Waals surface area contributed by atoms with Gasteiger partial charge in [0, 0.05) is 12.6 Å². The van der Waals surface area contributed by atoms with Crippen molar-refractivity contribution < 1.29 is 5.11 Å². The summed E-state index contributed by atoms with van der Waals surface area (Å²) >= 11 is 0. The van der Waals surface area contributed by atoms with E-state index in [0.717, 1.165) is 19.3 Å². The Morgan fingerprint density at radius 2 is 2.15 bits per heavy atom. The number of nitrogens with two attached hydrogens (primary N) is 1. The van der Waals surface area contributed by atoms with Gasteiger partial charge in [0.1, 0.15) is 0 Å². The summed E-state index contributed by atoms with van der Waals surface area (Å²) in [6, 6.07) is 0.454. The van der Waals surface area contributed by atoms with Crippen molar-refractivity contribution in [2.24, 2.45) is 11.1 Å². The van der Waals surface area contributed by atoms with Crippen LogP contribution in [0.15, 0.2) is 0 Å². The average molecular weight is 188 g/mol. The molecular weight excluding hydrogens is 164 g/mol. The van der Waals surface area contributed by atoms with Gasteiger partial charge in [-0.3, -0.25) is 0 Å². The van der Waals surface area contributed by atoms with Crippen LogP contribution in [0.2, 0.25) is 0 Å². The van der Waals surface area contributed by atoms with Gasteiger partial charge < -0.3 is 16.2 Å². The summed E-state index contributed by atoms with van der Waals surface area (Å²) in [4.78, 5) is 0. The summed E-state index contributed by atoms with van der Waals surface area (Å²) in [6.45, 7) is 5.22. The molecule has 0 spiro atoms. The summed E-state index contributed by atoms with van der Waals surface area (Å²) in [6.07, 6.45) is 3.00. The highest BCUT2D eigenvalue weighted by Crippen LogP contribution is 2.28. The fraction of sp³-hybridized carbons (Fsp3) is 1.00. The Morgan fingerprint density at radius 1 is 1.54 bits per heavy atom. The highest BCUT2D eigenvalue weighted by atomic mass is 16.3. The zero-order valence-electron chi connectivity index (χ0n) is 9.14. The van der Waals surface area contributed by atoms with E-state index >= 15 is 0 Å². The van der Waals surface area contributed by atoms with Gasteiger partial charge in [0.25, 0.3) is 0 Å². The number of rotatable bonds is 7. The van der Waals surface area contributed by atoms with Crippen LogP contribution >= 0.6 is 0 Å². The molecule has 3 nitrogen and oxygen atoms in total. The lowest BCUT2D eigenvalue weighted by Gasteiger charge is -2.30. The van der Waals surface area contributed by atoms with Crippen LogP contribution in [0, 0.1) is 5.41 Å². The summed E-state index contributed by atoms with van der Waals surface area (Å²) in [5.41, 5.74) is 5.49. The first-order valence-corrected chi connectivity index (χ1v) is 5.06. The molecule has 0 heterocycles. The highest BCUT2D eigenvalue weighted by molar-refractivity contribution is 4.78. The molecule has 0 aromatic carbocycles. The van der Waals surface area contributed by atoms with E-state index in [1.54, 1.807) is 0 Å². The Balaban J connectivity index is 3.94. The molecule has 0 aliphatic heterocycles. The SMILES string of the molecule is CNC(C)CC(C)(CO)CCCN. The summed E-state index contributed by atoms with van der Waals surface area (Å²) in [5, 5.41) is 12.5. The topological polar surface area (TPSA) is 58.3 Å². The molecule has 0 aliphatic carbocycles. The van der Waals surface area contributed by atoms with E-state index in [0.29, 0.717) is 12.6 Å². The molecule has 0 aliphatic rings. The standard InChI is InChI=1S/C10H24N2O/c1-9(12-3)7-10(2,8-13)5-4-6-11/h9,12-13H,4-8,11H2,1-3H3. The molecule has 0 fully saturated rings. The van der Waals surface area contributed by atoms with Crippen molar-refractivity contribution in [2.75, 3.05) is 20.2 Å².